The molecule has 2 N–H and O–H groups in total. The standard InChI is InChI=1S/C11H11FN2O2/c12-9-3-8(6-13)4-11(5-9)15-7-10-1-2-14-16-10/h1-5H,6-7,13H2. The highest BCUT2D eigenvalue weighted by Crippen LogP contribution is 2.17. The van der Waals surface area contributed by atoms with Crippen LogP contribution < -0.4 is 10.5 Å². The Labute approximate surface area is 91.8 Å². The van der Waals surface area contributed by atoms with Crippen molar-refractivity contribution in [2.45, 2.75) is 13.2 Å². The molecule has 0 fully saturated rings. The lowest BCUT2D eigenvalue weighted by Gasteiger charge is -2.05. The summed E-state index contributed by atoms with van der Waals surface area (Å²) in [6.45, 7) is 0.490. The zero-order valence-corrected chi connectivity index (χ0v) is 8.52. The minimum atomic E-state index is -0.365. The zero-order valence-electron chi connectivity index (χ0n) is 8.52. The summed E-state index contributed by atoms with van der Waals surface area (Å²) in [6.07, 6.45) is 1.52. The molecule has 84 valence electrons. The van der Waals surface area contributed by atoms with Gasteiger partial charge in [-0.3, -0.25) is 0 Å². The smallest absolute Gasteiger partial charge is 0.174 e. The van der Waals surface area contributed by atoms with E-state index in [1.807, 2.05) is 0 Å². The molecule has 0 spiro atoms. The molecule has 1 aromatic carbocycles. The van der Waals surface area contributed by atoms with E-state index in [1.165, 1.54) is 18.3 Å². The Hall–Kier alpha value is -1.88. The van der Waals surface area contributed by atoms with Gasteiger partial charge in [0.05, 0.1) is 6.20 Å². The van der Waals surface area contributed by atoms with Crippen LogP contribution in [0.25, 0.3) is 0 Å². The van der Waals surface area contributed by atoms with Gasteiger partial charge in [0, 0.05) is 18.7 Å². The second-order valence-corrected chi connectivity index (χ2v) is 3.27. The van der Waals surface area contributed by atoms with Crippen molar-refractivity contribution in [2.24, 2.45) is 5.73 Å². The molecule has 0 saturated carbocycles. The molecule has 1 aromatic heterocycles. The van der Waals surface area contributed by atoms with Crippen LogP contribution in [0.2, 0.25) is 0 Å². The summed E-state index contributed by atoms with van der Waals surface area (Å²) in [4.78, 5) is 0. The summed E-state index contributed by atoms with van der Waals surface area (Å²) in [5.41, 5.74) is 6.12. The molecule has 16 heavy (non-hydrogen) atoms. The summed E-state index contributed by atoms with van der Waals surface area (Å²) in [5.74, 6) is 0.644. The van der Waals surface area contributed by atoms with E-state index < -0.39 is 0 Å². The largest absolute Gasteiger partial charge is 0.485 e. The first-order valence-corrected chi connectivity index (χ1v) is 4.80. The lowest BCUT2D eigenvalue weighted by Crippen LogP contribution is -1.99. The maximum atomic E-state index is 13.1. The summed E-state index contributed by atoms with van der Waals surface area (Å²) in [7, 11) is 0. The molecule has 0 saturated heterocycles. The van der Waals surface area contributed by atoms with Crippen LogP contribution in [0.1, 0.15) is 11.3 Å². The fourth-order valence-corrected chi connectivity index (χ4v) is 1.29. The van der Waals surface area contributed by atoms with Gasteiger partial charge in [0.25, 0.3) is 0 Å². The second-order valence-electron chi connectivity index (χ2n) is 3.27. The number of benzene rings is 1. The monoisotopic (exact) mass is 222 g/mol. The van der Waals surface area contributed by atoms with Crippen molar-refractivity contribution >= 4 is 0 Å². The maximum absolute atomic E-state index is 13.1. The Morgan fingerprint density at radius 2 is 2.25 bits per heavy atom. The van der Waals surface area contributed by atoms with E-state index in [0.717, 1.165) is 0 Å². The second kappa shape index (κ2) is 4.76. The van der Waals surface area contributed by atoms with Crippen molar-refractivity contribution in [3.05, 3.63) is 47.6 Å². The minimum Gasteiger partial charge on any atom is -0.485 e. The van der Waals surface area contributed by atoms with Gasteiger partial charge in [-0.15, -0.1) is 0 Å². The van der Waals surface area contributed by atoms with E-state index >= 15 is 0 Å². The molecule has 1 heterocycles. The molecule has 2 aromatic rings. The number of rotatable bonds is 4. The average molecular weight is 222 g/mol. The Morgan fingerprint density at radius 3 is 2.94 bits per heavy atom. The number of hydrogen-bond acceptors (Lipinski definition) is 4. The topological polar surface area (TPSA) is 61.3 Å². The quantitative estimate of drug-likeness (QED) is 0.857. The van der Waals surface area contributed by atoms with Crippen molar-refractivity contribution in [3.8, 4) is 5.75 Å². The van der Waals surface area contributed by atoms with Gasteiger partial charge < -0.3 is 15.0 Å². The van der Waals surface area contributed by atoms with Gasteiger partial charge in [-0.05, 0) is 17.7 Å². The predicted molar refractivity (Wildman–Crippen MR) is 55.1 cm³/mol. The highest BCUT2D eigenvalue weighted by Gasteiger charge is 2.03. The van der Waals surface area contributed by atoms with E-state index in [0.29, 0.717) is 17.1 Å². The number of ether oxygens (including phenoxy) is 1. The van der Waals surface area contributed by atoms with Crippen LogP contribution in [0.4, 0.5) is 4.39 Å². The molecular formula is C11H11FN2O2. The van der Waals surface area contributed by atoms with Gasteiger partial charge >= 0.3 is 0 Å². The summed E-state index contributed by atoms with van der Waals surface area (Å²) in [6, 6.07) is 6.05. The normalized spacial score (nSPS) is 10.4. The van der Waals surface area contributed by atoms with Crippen molar-refractivity contribution in [3.63, 3.8) is 0 Å². The summed E-state index contributed by atoms with van der Waals surface area (Å²) >= 11 is 0. The highest BCUT2D eigenvalue weighted by molar-refractivity contribution is 5.29. The molecule has 0 aliphatic heterocycles. The number of nitrogens with two attached hydrogens (primary N) is 1. The Kier molecular flexibility index (Phi) is 3.16. The van der Waals surface area contributed by atoms with E-state index in [1.54, 1.807) is 12.1 Å². The molecule has 0 aliphatic carbocycles. The first-order chi connectivity index (χ1) is 7.78. The lowest BCUT2D eigenvalue weighted by atomic mass is 10.2. The van der Waals surface area contributed by atoms with Gasteiger partial charge in [0.2, 0.25) is 0 Å². The van der Waals surface area contributed by atoms with E-state index in [9.17, 15) is 4.39 Å². The molecule has 5 heteroatoms. The van der Waals surface area contributed by atoms with Gasteiger partial charge in [-0.2, -0.15) is 0 Å². The van der Waals surface area contributed by atoms with Crippen LogP contribution in [-0.2, 0) is 13.2 Å². The fourth-order valence-electron chi connectivity index (χ4n) is 1.29. The van der Waals surface area contributed by atoms with Crippen LogP contribution >= 0.6 is 0 Å². The minimum absolute atomic E-state index is 0.216. The van der Waals surface area contributed by atoms with E-state index in [-0.39, 0.29) is 19.0 Å². The molecule has 0 unspecified atom stereocenters. The lowest BCUT2D eigenvalue weighted by molar-refractivity contribution is 0.248. The molecular weight excluding hydrogens is 211 g/mol. The van der Waals surface area contributed by atoms with Gasteiger partial charge in [0.15, 0.2) is 5.76 Å². The summed E-state index contributed by atoms with van der Waals surface area (Å²) < 4.78 is 23.3. The third-order valence-corrected chi connectivity index (χ3v) is 2.04. The van der Waals surface area contributed by atoms with Crippen LogP contribution in [-0.4, -0.2) is 5.16 Å². The Balaban J connectivity index is 2.06. The molecule has 4 nitrogen and oxygen atoms in total. The molecule has 2 rings (SSSR count). The Morgan fingerprint density at radius 1 is 1.38 bits per heavy atom. The third-order valence-electron chi connectivity index (χ3n) is 2.04. The number of halogens is 1. The van der Waals surface area contributed by atoms with Crippen molar-refractivity contribution in [1.82, 2.24) is 5.16 Å². The van der Waals surface area contributed by atoms with Crippen LogP contribution in [0.15, 0.2) is 35.0 Å². The highest BCUT2D eigenvalue weighted by atomic mass is 19.1. The van der Waals surface area contributed by atoms with E-state index in [2.05, 4.69) is 5.16 Å². The third kappa shape index (κ3) is 2.58. The van der Waals surface area contributed by atoms with Crippen molar-refractivity contribution < 1.29 is 13.7 Å². The Bertz CT molecular complexity index is 457. The molecule has 0 bridgehead atoms. The van der Waals surface area contributed by atoms with Crippen molar-refractivity contribution in [2.75, 3.05) is 0 Å². The number of aromatic nitrogens is 1. The molecule has 0 atom stereocenters. The molecule has 0 radical (unpaired) electrons. The first kappa shape index (κ1) is 10.6. The average Bonchev–Trinajstić information content (AvgIpc) is 2.78. The predicted octanol–water partition coefficient (Wildman–Crippen LogP) is 1.85. The van der Waals surface area contributed by atoms with Crippen molar-refractivity contribution in [1.29, 1.82) is 0 Å². The van der Waals surface area contributed by atoms with Crippen LogP contribution in [0.3, 0.4) is 0 Å². The van der Waals surface area contributed by atoms with Gasteiger partial charge in [-0.25, -0.2) is 4.39 Å². The van der Waals surface area contributed by atoms with Gasteiger partial charge in [0.1, 0.15) is 18.2 Å². The fraction of sp³-hybridized carbons (Fsp3) is 0.182. The first-order valence-electron chi connectivity index (χ1n) is 4.80. The van der Waals surface area contributed by atoms with Gasteiger partial charge in [-0.1, -0.05) is 5.16 Å². The SMILES string of the molecule is NCc1cc(F)cc(OCc2ccno2)c1. The zero-order chi connectivity index (χ0) is 11.4. The number of hydrogen-bond donors (Lipinski definition) is 1. The van der Waals surface area contributed by atoms with E-state index in [4.69, 9.17) is 15.0 Å². The summed E-state index contributed by atoms with van der Waals surface area (Å²) in [5, 5.41) is 3.54. The molecule has 0 aliphatic rings. The van der Waals surface area contributed by atoms with Crippen LogP contribution in [0, 0.1) is 5.82 Å². The number of nitrogens with zero attached hydrogens (tertiary/aromatic N) is 1. The van der Waals surface area contributed by atoms with Crippen LogP contribution in [0.5, 0.6) is 5.75 Å². The maximum Gasteiger partial charge on any atom is 0.174 e. The molecule has 0 amide bonds.